The lowest BCUT2D eigenvalue weighted by Gasteiger charge is -2.17. The van der Waals surface area contributed by atoms with Gasteiger partial charge in [0.2, 0.25) is 5.75 Å². The molecule has 0 aliphatic rings. The highest BCUT2D eigenvalue weighted by molar-refractivity contribution is 5.54. The molecule has 0 spiro atoms. The summed E-state index contributed by atoms with van der Waals surface area (Å²) in [6, 6.07) is 3.53. The average molecular weight is 291 g/mol. The summed E-state index contributed by atoms with van der Waals surface area (Å²) in [5.41, 5.74) is 7.20. The summed E-state index contributed by atoms with van der Waals surface area (Å²) in [6.07, 6.45) is 4.29. The standard InChI is InChI=1S/C15H21N3O3/c1-18-6-5-17-14(18)9-11(16)10-7-12(19-2)15(21-4)13(8-10)20-3/h5-8,11H,9,16H2,1-4H3. The molecule has 0 saturated carbocycles. The molecular formula is C15H21N3O3. The van der Waals surface area contributed by atoms with Gasteiger partial charge >= 0.3 is 0 Å². The summed E-state index contributed by atoms with van der Waals surface area (Å²) >= 11 is 0. The van der Waals surface area contributed by atoms with Crippen LogP contribution in [0.4, 0.5) is 0 Å². The number of ether oxygens (including phenoxy) is 3. The molecule has 2 rings (SSSR count). The van der Waals surface area contributed by atoms with Gasteiger partial charge in [0.25, 0.3) is 0 Å². The lowest BCUT2D eigenvalue weighted by atomic mass is 10.0. The minimum absolute atomic E-state index is 0.209. The van der Waals surface area contributed by atoms with Crippen LogP contribution in [0.3, 0.4) is 0 Å². The van der Waals surface area contributed by atoms with Crippen LogP contribution in [0, 0.1) is 0 Å². The topological polar surface area (TPSA) is 71.5 Å². The van der Waals surface area contributed by atoms with Crippen LogP contribution < -0.4 is 19.9 Å². The Bertz CT molecular complexity index is 585. The molecule has 0 saturated heterocycles. The van der Waals surface area contributed by atoms with E-state index in [1.807, 2.05) is 29.9 Å². The van der Waals surface area contributed by atoms with Crippen molar-refractivity contribution in [1.29, 1.82) is 0 Å². The van der Waals surface area contributed by atoms with E-state index in [2.05, 4.69) is 4.98 Å². The predicted octanol–water partition coefficient (Wildman–Crippen LogP) is 1.69. The van der Waals surface area contributed by atoms with E-state index in [9.17, 15) is 0 Å². The van der Waals surface area contributed by atoms with Crippen LogP contribution in [0.15, 0.2) is 24.5 Å². The Kier molecular flexibility index (Phi) is 4.70. The molecule has 0 aliphatic heterocycles. The molecule has 1 unspecified atom stereocenters. The molecule has 0 bridgehead atoms. The molecule has 1 aromatic carbocycles. The van der Waals surface area contributed by atoms with E-state index in [1.165, 1.54) is 0 Å². The molecule has 0 amide bonds. The predicted molar refractivity (Wildman–Crippen MR) is 79.9 cm³/mol. The summed E-state index contributed by atoms with van der Waals surface area (Å²) in [5.74, 6) is 2.69. The number of hydrogen-bond donors (Lipinski definition) is 1. The number of hydrogen-bond acceptors (Lipinski definition) is 5. The third-order valence-corrected chi connectivity index (χ3v) is 3.44. The Balaban J connectivity index is 2.32. The van der Waals surface area contributed by atoms with Crippen molar-refractivity contribution in [3.05, 3.63) is 35.9 Å². The van der Waals surface area contributed by atoms with Crippen LogP contribution in [0.25, 0.3) is 0 Å². The van der Waals surface area contributed by atoms with Gasteiger partial charge in [-0.2, -0.15) is 0 Å². The summed E-state index contributed by atoms with van der Waals surface area (Å²) in [4.78, 5) is 4.30. The van der Waals surface area contributed by atoms with Crippen molar-refractivity contribution in [2.24, 2.45) is 12.8 Å². The number of rotatable bonds is 6. The van der Waals surface area contributed by atoms with Crippen LogP contribution in [-0.2, 0) is 13.5 Å². The zero-order valence-corrected chi connectivity index (χ0v) is 12.8. The monoisotopic (exact) mass is 291 g/mol. The largest absolute Gasteiger partial charge is 0.493 e. The van der Waals surface area contributed by atoms with Crippen LogP contribution in [0.2, 0.25) is 0 Å². The number of aryl methyl sites for hydroxylation is 1. The highest BCUT2D eigenvalue weighted by Crippen LogP contribution is 2.39. The van der Waals surface area contributed by atoms with Crippen LogP contribution in [0.5, 0.6) is 17.2 Å². The van der Waals surface area contributed by atoms with Crippen molar-refractivity contribution in [2.45, 2.75) is 12.5 Å². The summed E-state index contributed by atoms with van der Waals surface area (Å²) in [6.45, 7) is 0. The van der Waals surface area contributed by atoms with Gasteiger partial charge in [-0.15, -0.1) is 0 Å². The van der Waals surface area contributed by atoms with E-state index >= 15 is 0 Å². The second-order valence-electron chi connectivity index (χ2n) is 4.72. The fraction of sp³-hybridized carbons (Fsp3) is 0.400. The zero-order chi connectivity index (χ0) is 15.4. The van der Waals surface area contributed by atoms with Gasteiger partial charge in [0, 0.05) is 31.9 Å². The van der Waals surface area contributed by atoms with E-state index in [1.54, 1.807) is 27.5 Å². The molecule has 21 heavy (non-hydrogen) atoms. The minimum Gasteiger partial charge on any atom is -0.493 e. The van der Waals surface area contributed by atoms with E-state index in [-0.39, 0.29) is 6.04 Å². The minimum atomic E-state index is -0.209. The number of imidazole rings is 1. The van der Waals surface area contributed by atoms with Gasteiger partial charge in [0.15, 0.2) is 11.5 Å². The number of aromatic nitrogens is 2. The lowest BCUT2D eigenvalue weighted by Crippen LogP contribution is -2.16. The van der Waals surface area contributed by atoms with Gasteiger partial charge in [-0.05, 0) is 17.7 Å². The van der Waals surface area contributed by atoms with Crippen molar-refractivity contribution in [2.75, 3.05) is 21.3 Å². The average Bonchev–Trinajstić information content (AvgIpc) is 2.90. The number of benzene rings is 1. The van der Waals surface area contributed by atoms with E-state index in [4.69, 9.17) is 19.9 Å². The van der Waals surface area contributed by atoms with Crippen molar-refractivity contribution in [3.8, 4) is 17.2 Å². The Hall–Kier alpha value is -2.21. The molecule has 1 heterocycles. The van der Waals surface area contributed by atoms with Crippen molar-refractivity contribution < 1.29 is 14.2 Å². The van der Waals surface area contributed by atoms with Gasteiger partial charge in [-0.3, -0.25) is 0 Å². The van der Waals surface area contributed by atoms with Crippen molar-refractivity contribution in [3.63, 3.8) is 0 Å². The maximum atomic E-state index is 6.29. The zero-order valence-electron chi connectivity index (χ0n) is 12.8. The highest BCUT2D eigenvalue weighted by atomic mass is 16.5. The fourth-order valence-corrected chi connectivity index (χ4v) is 2.22. The molecule has 6 heteroatoms. The third-order valence-electron chi connectivity index (χ3n) is 3.44. The smallest absolute Gasteiger partial charge is 0.203 e. The fourth-order valence-electron chi connectivity index (χ4n) is 2.22. The lowest BCUT2D eigenvalue weighted by molar-refractivity contribution is 0.323. The van der Waals surface area contributed by atoms with E-state index in [0.717, 1.165) is 11.4 Å². The normalized spacial score (nSPS) is 12.0. The maximum Gasteiger partial charge on any atom is 0.203 e. The first-order valence-corrected chi connectivity index (χ1v) is 6.62. The molecule has 2 N–H and O–H groups in total. The van der Waals surface area contributed by atoms with Crippen LogP contribution >= 0.6 is 0 Å². The molecule has 2 aromatic rings. The number of methoxy groups -OCH3 is 3. The van der Waals surface area contributed by atoms with Crippen LogP contribution in [0.1, 0.15) is 17.4 Å². The molecule has 0 radical (unpaired) electrons. The summed E-state index contributed by atoms with van der Waals surface area (Å²) in [7, 11) is 6.70. The first-order valence-electron chi connectivity index (χ1n) is 6.62. The van der Waals surface area contributed by atoms with E-state index < -0.39 is 0 Å². The number of nitrogens with zero attached hydrogens (tertiary/aromatic N) is 2. The maximum absolute atomic E-state index is 6.29. The van der Waals surface area contributed by atoms with E-state index in [0.29, 0.717) is 23.7 Å². The molecule has 114 valence electrons. The second kappa shape index (κ2) is 6.49. The van der Waals surface area contributed by atoms with Gasteiger partial charge in [0.1, 0.15) is 5.82 Å². The van der Waals surface area contributed by atoms with Gasteiger partial charge in [-0.1, -0.05) is 0 Å². The Morgan fingerprint density at radius 3 is 2.19 bits per heavy atom. The molecule has 6 nitrogen and oxygen atoms in total. The molecule has 1 atom stereocenters. The Morgan fingerprint density at radius 2 is 1.76 bits per heavy atom. The van der Waals surface area contributed by atoms with Crippen LogP contribution in [-0.4, -0.2) is 30.9 Å². The highest BCUT2D eigenvalue weighted by Gasteiger charge is 2.17. The van der Waals surface area contributed by atoms with Crippen molar-refractivity contribution in [1.82, 2.24) is 9.55 Å². The Morgan fingerprint density at radius 1 is 1.14 bits per heavy atom. The summed E-state index contributed by atoms with van der Waals surface area (Å²) in [5, 5.41) is 0. The molecule has 0 fully saturated rings. The molecule has 1 aromatic heterocycles. The SMILES string of the molecule is COc1cc(C(N)Cc2nccn2C)cc(OC)c1OC. The Labute approximate surface area is 124 Å². The second-order valence-corrected chi connectivity index (χ2v) is 4.72. The van der Waals surface area contributed by atoms with Crippen molar-refractivity contribution >= 4 is 0 Å². The van der Waals surface area contributed by atoms with Gasteiger partial charge in [-0.25, -0.2) is 4.98 Å². The van der Waals surface area contributed by atoms with Gasteiger partial charge in [0.05, 0.1) is 21.3 Å². The quantitative estimate of drug-likeness (QED) is 0.877. The molecular weight excluding hydrogens is 270 g/mol. The molecule has 0 aliphatic carbocycles. The first kappa shape index (κ1) is 15.2. The van der Waals surface area contributed by atoms with Gasteiger partial charge < -0.3 is 24.5 Å². The number of nitrogens with two attached hydrogens (primary N) is 1. The third kappa shape index (κ3) is 3.11. The first-order chi connectivity index (χ1) is 10.1. The summed E-state index contributed by atoms with van der Waals surface area (Å²) < 4.78 is 18.0.